The Bertz CT molecular complexity index is 1160. The van der Waals surface area contributed by atoms with E-state index >= 15 is 0 Å². The Balaban J connectivity index is 1.76. The molecule has 4 rings (SSSR count). The van der Waals surface area contributed by atoms with E-state index in [2.05, 4.69) is 20.4 Å². The van der Waals surface area contributed by atoms with E-state index in [0.29, 0.717) is 11.3 Å². The van der Waals surface area contributed by atoms with Gasteiger partial charge in [0, 0.05) is 11.8 Å². The van der Waals surface area contributed by atoms with Crippen molar-refractivity contribution in [2.24, 2.45) is 0 Å². The molecule has 1 N–H and O–H groups in total. The van der Waals surface area contributed by atoms with Gasteiger partial charge in [-0.05, 0) is 36.4 Å². The highest BCUT2D eigenvalue weighted by Crippen LogP contribution is 2.25. The minimum absolute atomic E-state index is 0.0207. The lowest BCUT2D eigenvalue weighted by Crippen LogP contribution is -2.15. The van der Waals surface area contributed by atoms with Crippen molar-refractivity contribution in [3.8, 4) is 11.3 Å². The van der Waals surface area contributed by atoms with E-state index in [0.717, 1.165) is 12.1 Å². The predicted molar refractivity (Wildman–Crippen MR) is 90.5 cm³/mol. The number of carbonyl (C=O) groups excluding carboxylic acids is 1. The van der Waals surface area contributed by atoms with Gasteiger partial charge in [0.25, 0.3) is 5.91 Å². The summed E-state index contributed by atoms with van der Waals surface area (Å²) in [6.45, 7) is 0. The maximum absolute atomic E-state index is 14.1. The molecule has 1 aromatic carbocycles. The van der Waals surface area contributed by atoms with Crippen molar-refractivity contribution in [1.29, 1.82) is 0 Å². The van der Waals surface area contributed by atoms with Gasteiger partial charge in [0.2, 0.25) is 0 Å². The van der Waals surface area contributed by atoms with Gasteiger partial charge in [-0.2, -0.15) is 5.10 Å². The number of imidazole rings is 1. The van der Waals surface area contributed by atoms with Crippen molar-refractivity contribution >= 4 is 17.2 Å². The van der Waals surface area contributed by atoms with E-state index in [1.54, 1.807) is 18.3 Å². The zero-order chi connectivity index (χ0) is 19.0. The van der Waals surface area contributed by atoms with Crippen LogP contribution < -0.4 is 5.32 Å². The highest BCUT2D eigenvalue weighted by atomic mass is 19.2. The standard InChI is InChI=1S/C18H10F3N5O/c19-12-4-3-11(16(20)17(12)21)13-5-6-15-23-9-14(26(15)25-13)18(27)24-10-2-1-7-22-8-10/h1-9H,(H,24,27). The quantitative estimate of drug-likeness (QED) is 0.562. The Hall–Kier alpha value is -3.75. The first-order chi connectivity index (χ1) is 13.0. The number of pyridine rings is 1. The highest BCUT2D eigenvalue weighted by Gasteiger charge is 2.18. The van der Waals surface area contributed by atoms with Crippen LogP contribution in [0.25, 0.3) is 16.9 Å². The monoisotopic (exact) mass is 369 g/mol. The molecule has 9 heteroatoms. The lowest BCUT2D eigenvalue weighted by atomic mass is 10.1. The molecule has 6 nitrogen and oxygen atoms in total. The van der Waals surface area contributed by atoms with Crippen LogP contribution in [0.2, 0.25) is 0 Å². The normalized spacial score (nSPS) is 10.9. The molecule has 27 heavy (non-hydrogen) atoms. The van der Waals surface area contributed by atoms with Gasteiger partial charge >= 0.3 is 0 Å². The lowest BCUT2D eigenvalue weighted by molar-refractivity contribution is 0.102. The number of carbonyl (C=O) groups is 1. The lowest BCUT2D eigenvalue weighted by Gasteiger charge is -2.07. The van der Waals surface area contributed by atoms with E-state index in [-0.39, 0.29) is 17.0 Å². The topological polar surface area (TPSA) is 72.2 Å². The number of halogens is 3. The predicted octanol–water partition coefficient (Wildman–Crippen LogP) is 3.46. The Labute approximate surface area is 150 Å². The largest absolute Gasteiger partial charge is 0.319 e. The summed E-state index contributed by atoms with van der Waals surface area (Å²) in [6, 6.07) is 8.10. The van der Waals surface area contributed by atoms with E-state index in [9.17, 15) is 18.0 Å². The van der Waals surface area contributed by atoms with Gasteiger partial charge in [-0.1, -0.05) is 0 Å². The van der Waals surface area contributed by atoms with Gasteiger partial charge in [0.15, 0.2) is 28.8 Å². The van der Waals surface area contributed by atoms with Gasteiger partial charge in [0.05, 0.1) is 23.8 Å². The molecule has 0 saturated heterocycles. The van der Waals surface area contributed by atoms with Crippen LogP contribution in [0.4, 0.5) is 18.9 Å². The van der Waals surface area contributed by atoms with Crippen LogP contribution in [0, 0.1) is 17.5 Å². The molecule has 4 aromatic rings. The summed E-state index contributed by atoms with van der Waals surface area (Å²) in [7, 11) is 0. The number of fused-ring (bicyclic) bond motifs is 1. The van der Waals surface area contributed by atoms with E-state index in [1.807, 2.05) is 0 Å². The van der Waals surface area contributed by atoms with Gasteiger partial charge in [0.1, 0.15) is 0 Å². The number of anilines is 1. The SMILES string of the molecule is O=C(Nc1cccnc1)c1cnc2ccc(-c3ccc(F)c(F)c3F)nn12. The molecular formula is C18H10F3N5O. The molecule has 0 spiro atoms. The number of nitrogens with zero attached hydrogens (tertiary/aromatic N) is 4. The number of amides is 1. The number of nitrogens with one attached hydrogen (secondary N) is 1. The maximum Gasteiger partial charge on any atom is 0.276 e. The molecule has 0 bridgehead atoms. The molecule has 3 heterocycles. The van der Waals surface area contributed by atoms with E-state index < -0.39 is 23.4 Å². The van der Waals surface area contributed by atoms with Crippen molar-refractivity contribution in [2.75, 3.05) is 5.32 Å². The first-order valence-corrected chi connectivity index (χ1v) is 7.74. The van der Waals surface area contributed by atoms with Crippen LogP contribution in [0.5, 0.6) is 0 Å². The Morgan fingerprint density at radius 2 is 1.85 bits per heavy atom. The summed E-state index contributed by atoms with van der Waals surface area (Å²) in [5, 5.41) is 6.79. The average molecular weight is 369 g/mol. The number of benzene rings is 1. The Morgan fingerprint density at radius 3 is 2.63 bits per heavy atom. The molecule has 0 radical (unpaired) electrons. The summed E-state index contributed by atoms with van der Waals surface area (Å²) in [6.07, 6.45) is 4.34. The molecule has 0 aliphatic heterocycles. The number of rotatable bonds is 3. The zero-order valence-corrected chi connectivity index (χ0v) is 13.5. The molecular weight excluding hydrogens is 359 g/mol. The number of hydrogen-bond acceptors (Lipinski definition) is 4. The third kappa shape index (κ3) is 2.99. The van der Waals surface area contributed by atoms with Crippen molar-refractivity contribution < 1.29 is 18.0 Å². The van der Waals surface area contributed by atoms with E-state index in [4.69, 9.17) is 0 Å². The summed E-state index contributed by atoms with van der Waals surface area (Å²) in [5.41, 5.74) is 0.674. The number of aromatic nitrogens is 4. The average Bonchev–Trinajstić information content (AvgIpc) is 3.10. The fraction of sp³-hybridized carbons (Fsp3) is 0. The van der Waals surface area contributed by atoms with Crippen molar-refractivity contribution in [3.63, 3.8) is 0 Å². The molecule has 1 amide bonds. The molecule has 0 saturated carbocycles. The van der Waals surface area contributed by atoms with Gasteiger partial charge in [-0.3, -0.25) is 9.78 Å². The third-order valence-electron chi connectivity index (χ3n) is 3.83. The third-order valence-corrected chi connectivity index (χ3v) is 3.83. The second-order valence-electron chi connectivity index (χ2n) is 5.55. The van der Waals surface area contributed by atoms with Crippen LogP contribution >= 0.6 is 0 Å². The van der Waals surface area contributed by atoms with Gasteiger partial charge in [-0.25, -0.2) is 22.7 Å². The van der Waals surface area contributed by atoms with Crippen LogP contribution in [-0.4, -0.2) is 25.5 Å². The second-order valence-corrected chi connectivity index (χ2v) is 5.55. The minimum Gasteiger partial charge on any atom is -0.319 e. The molecule has 134 valence electrons. The molecule has 0 fully saturated rings. The highest BCUT2D eigenvalue weighted by molar-refractivity contribution is 6.03. The van der Waals surface area contributed by atoms with Crippen LogP contribution in [-0.2, 0) is 0 Å². The zero-order valence-electron chi connectivity index (χ0n) is 13.5. The molecule has 0 aliphatic rings. The van der Waals surface area contributed by atoms with Crippen LogP contribution in [0.3, 0.4) is 0 Å². The Morgan fingerprint density at radius 1 is 1.00 bits per heavy atom. The van der Waals surface area contributed by atoms with Crippen LogP contribution in [0.15, 0.2) is 55.0 Å². The van der Waals surface area contributed by atoms with Gasteiger partial charge < -0.3 is 5.32 Å². The van der Waals surface area contributed by atoms with Crippen molar-refractivity contribution in [1.82, 2.24) is 19.6 Å². The van der Waals surface area contributed by atoms with E-state index in [1.165, 1.54) is 29.0 Å². The van der Waals surface area contributed by atoms with Crippen molar-refractivity contribution in [2.45, 2.75) is 0 Å². The summed E-state index contributed by atoms with van der Waals surface area (Å²) in [4.78, 5) is 20.4. The molecule has 0 atom stereocenters. The fourth-order valence-electron chi connectivity index (χ4n) is 2.53. The molecule has 0 unspecified atom stereocenters. The fourth-order valence-corrected chi connectivity index (χ4v) is 2.53. The Kier molecular flexibility index (Phi) is 4.03. The molecule has 3 aromatic heterocycles. The van der Waals surface area contributed by atoms with Gasteiger partial charge in [-0.15, -0.1) is 0 Å². The summed E-state index contributed by atoms with van der Waals surface area (Å²) < 4.78 is 41.9. The minimum atomic E-state index is -1.59. The van der Waals surface area contributed by atoms with Crippen molar-refractivity contribution in [3.05, 3.63) is 78.1 Å². The second kappa shape index (κ2) is 6.52. The smallest absolute Gasteiger partial charge is 0.276 e. The number of hydrogen-bond donors (Lipinski definition) is 1. The van der Waals surface area contributed by atoms with Crippen LogP contribution in [0.1, 0.15) is 10.5 Å². The summed E-state index contributed by atoms with van der Waals surface area (Å²) in [5.74, 6) is -4.75. The first kappa shape index (κ1) is 16.7. The molecule has 0 aliphatic carbocycles. The maximum atomic E-state index is 14.1. The first-order valence-electron chi connectivity index (χ1n) is 7.74. The summed E-state index contributed by atoms with van der Waals surface area (Å²) >= 11 is 0.